The van der Waals surface area contributed by atoms with Crippen molar-refractivity contribution < 1.29 is 13.2 Å². The van der Waals surface area contributed by atoms with Crippen LogP contribution in [0.2, 0.25) is 0 Å². The van der Waals surface area contributed by atoms with Crippen molar-refractivity contribution in [3.63, 3.8) is 0 Å². The van der Waals surface area contributed by atoms with Gasteiger partial charge in [0.2, 0.25) is 0 Å². The summed E-state index contributed by atoms with van der Waals surface area (Å²) >= 11 is 1.47. The maximum Gasteiger partial charge on any atom is 0.416 e. The Hall–Kier alpha value is -1.60. The molecule has 3 rings (SSSR count). The highest BCUT2D eigenvalue weighted by Crippen LogP contribution is 2.32. The molecule has 1 aliphatic heterocycles. The number of rotatable bonds is 3. The van der Waals surface area contributed by atoms with Gasteiger partial charge >= 0.3 is 6.18 Å². The molecule has 1 atom stereocenters. The van der Waals surface area contributed by atoms with Gasteiger partial charge in [0.25, 0.3) is 0 Å². The number of aromatic nitrogens is 1. The Kier molecular flexibility index (Phi) is 3.86. The van der Waals surface area contributed by atoms with Gasteiger partial charge in [-0.3, -0.25) is 0 Å². The monoisotopic (exact) mass is 313 g/mol. The molecule has 0 bridgehead atoms. The average Bonchev–Trinajstić information content (AvgIpc) is 3.10. The van der Waals surface area contributed by atoms with Crippen LogP contribution in [0.5, 0.6) is 0 Å². The van der Waals surface area contributed by atoms with E-state index in [9.17, 15) is 13.2 Å². The lowest BCUT2D eigenvalue weighted by Gasteiger charge is -2.09. The topological polar surface area (TPSA) is 37.0 Å². The number of hydrogen-bond acceptors (Lipinski definition) is 4. The molecule has 1 saturated heterocycles. The van der Waals surface area contributed by atoms with Crippen LogP contribution in [0.25, 0.3) is 11.3 Å². The number of hydrogen-bond donors (Lipinski definition) is 2. The van der Waals surface area contributed by atoms with E-state index < -0.39 is 11.7 Å². The Morgan fingerprint density at radius 1 is 1.24 bits per heavy atom. The van der Waals surface area contributed by atoms with Crippen molar-refractivity contribution in [1.82, 2.24) is 10.3 Å². The van der Waals surface area contributed by atoms with Gasteiger partial charge in [-0.2, -0.15) is 13.2 Å². The van der Waals surface area contributed by atoms with Crippen LogP contribution < -0.4 is 10.6 Å². The van der Waals surface area contributed by atoms with Gasteiger partial charge < -0.3 is 10.6 Å². The maximum atomic E-state index is 12.5. The van der Waals surface area contributed by atoms with Crippen molar-refractivity contribution >= 4 is 16.5 Å². The maximum absolute atomic E-state index is 12.5. The van der Waals surface area contributed by atoms with E-state index in [2.05, 4.69) is 15.6 Å². The Labute approximate surface area is 124 Å². The largest absolute Gasteiger partial charge is 0.416 e. The molecule has 0 saturated carbocycles. The fourth-order valence-electron chi connectivity index (χ4n) is 2.26. The van der Waals surface area contributed by atoms with Crippen LogP contribution in [0.3, 0.4) is 0 Å². The lowest BCUT2D eigenvalue weighted by atomic mass is 10.1. The van der Waals surface area contributed by atoms with Crippen LogP contribution in [0.15, 0.2) is 29.6 Å². The number of halogens is 3. The fraction of sp³-hybridized carbons (Fsp3) is 0.357. The predicted molar refractivity (Wildman–Crippen MR) is 77.4 cm³/mol. The van der Waals surface area contributed by atoms with Gasteiger partial charge in [0, 0.05) is 23.5 Å². The second kappa shape index (κ2) is 5.65. The molecule has 2 aromatic rings. The Balaban J connectivity index is 1.73. The second-order valence-corrected chi connectivity index (χ2v) is 5.81. The van der Waals surface area contributed by atoms with E-state index in [4.69, 9.17) is 0 Å². The van der Waals surface area contributed by atoms with Gasteiger partial charge in [-0.1, -0.05) is 12.1 Å². The zero-order chi connectivity index (χ0) is 14.9. The minimum absolute atomic E-state index is 0.372. The summed E-state index contributed by atoms with van der Waals surface area (Å²) in [6.07, 6.45) is -3.25. The lowest BCUT2D eigenvalue weighted by molar-refractivity contribution is -0.137. The molecule has 2 heterocycles. The molecule has 0 aliphatic carbocycles. The second-order valence-electron chi connectivity index (χ2n) is 4.95. The summed E-state index contributed by atoms with van der Waals surface area (Å²) in [5.41, 5.74) is 0.746. The van der Waals surface area contributed by atoms with E-state index in [0.717, 1.165) is 36.8 Å². The zero-order valence-corrected chi connectivity index (χ0v) is 11.9. The summed E-state index contributed by atoms with van der Waals surface area (Å²) in [4.78, 5) is 4.43. The molecule has 0 amide bonds. The number of thiazole rings is 1. The summed E-state index contributed by atoms with van der Waals surface area (Å²) in [6, 6.07) is 5.46. The molecule has 2 N–H and O–H groups in total. The summed E-state index contributed by atoms with van der Waals surface area (Å²) in [6.45, 7) is 1.91. The average molecular weight is 313 g/mol. The fourth-order valence-corrected chi connectivity index (χ4v) is 3.05. The molecule has 21 heavy (non-hydrogen) atoms. The Bertz CT molecular complexity index is 601. The lowest BCUT2D eigenvalue weighted by Crippen LogP contribution is -2.21. The molecular formula is C14H14F3N3S. The van der Waals surface area contributed by atoms with Crippen molar-refractivity contribution in [2.24, 2.45) is 0 Å². The quantitative estimate of drug-likeness (QED) is 0.909. The van der Waals surface area contributed by atoms with Crippen LogP contribution in [0, 0.1) is 0 Å². The first-order valence-electron chi connectivity index (χ1n) is 6.63. The van der Waals surface area contributed by atoms with Gasteiger partial charge in [-0.15, -0.1) is 11.3 Å². The van der Waals surface area contributed by atoms with Crippen LogP contribution in [-0.4, -0.2) is 24.1 Å². The third-order valence-corrected chi connectivity index (χ3v) is 4.17. The molecule has 1 aliphatic rings. The molecule has 1 aromatic heterocycles. The van der Waals surface area contributed by atoms with Crippen molar-refractivity contribution in [2.75, 3.05) is 18.4 Å². The van der Waals surface area contributed by atoms with E-state index in [0.29, 0.717) is 17.3 Å². The van der Waals surface area contributed by atoms with Gasteiger partial charge in [-0.25, -0.2) is 4.98 Å². The molecule has 1 fully saturated rings. The van der Waals surface area contributed by atoms with Crippen LogP contribution in [-0.2, 0) is 6.18 Å². The third kappa shape index (κ3) is 3.36. The number of anilines is 1. The Morgan fingerprint density at radius 2 is 2.00 bits per heavy atom. The van der Waals surface area contributed by atoms with Crippen molar-refractivity contribution in [3.05, 3.63) is 35.2 Å². The Morgan fingerprint density at radius 3 is 2.62 bits per heavy atom. The minimum Gasteiger partial charge on any atom is -0.357 e. The van der Waals surface area contributed by atoms with Crippen LogP contribution in [0.4, 0.5) is 18.3 Å². The standard InChI is InChI=1S/C14H14F3N3S/c15-14(16,17)10-3-1-9(2-4-10)12-8-21-13(20-12)19-11-5-6-18-7-11/h1-4,8,11,18H,5-7H2,(H,19,20). The van der Waals surface area contributed by atoms with E-state index in [-0.39, 0.29) is 0 Å². The number of nitrogens with one attached hydrogen (secondary N) is 2. The number of benzene rings is 1. The summed E-state index contributed by atoms with van der Waals surface area (Å²) < 4.78 is 37.6. The molecular weight excluding hydrogens is 299 g/mol. The molecule has 1 unspecified atom stereocenters. The van der Waals surface area contributed by atoms with E-state index >= 15 is 0 Å². The molecule has 0 spiro atoms. The molecule has 1 aromatic carbocycles. The van der Waals surface area contributed by atoms with Gasteiger partial charge in [0.15, 0.2) is 5.13 Å². The highest BCUT2D eigenvalue weighted by molar-refractivity contribution is 7.14. The van der Waals surface area contributed by atoms with Gasteiger partial charge in [0.1, 0.15) is 0 Å². The van der Waals surface area contributed by atoms with Crippen LogP contribution in [0.1, 0.15) is 12.0 Å². The van der Waals surface area contributed by atoms with Crippen molar-refractivity contribution in [3.8, 4) is 11.3 Å². The first-order chi connectivity index (χ1) is 10.0. The first kappa shape index (κ1) is 14.3. The number of alkyl halides is 3. The van der Waals surface area contributed by atoms with Gasteiger partial charge in [0.05, 0.1) is 11.3 Å². The summed E-state index contributed by atoms with van der Waals surface area (Å²) in [5, 5.41) is 9.25. The van der Waals surface area contributed by atoms with E-state index in [1.165, 1.54) is 23.5 Å². The molecule has 7 heteroatoms. The smallest absolute Gasteiger partial charge is 0.357 e. The third-order valence-electron chi connectivity index (χ3n) is 3.40. The molecule has 3 nitrogen and oxygen atoms in total. The van der Waals surface area contributed by atoms with Crippen LogP contribution >= 0.6 is 11.3 Å². The predicted octanol–water partition coefficient (Wildman–Crippen LogP) is 3.60. The van der Waals surface area contributed by atoms with Crippen molar-refractivity contribution in [1.29, 1.82) is 0 Å². The van der Waals surface area contributed by atoms with E-state index in [1.54, 1.807) is 0 Å². The highest BCUT2D eigenvalue weighted by Gasteiger charge is 2.30. The van der Waals surface area contributed by atoms with Gasteiger partial charge in [-0.05, 0) is 25.1 Å². The zero-order valence-electron chi connectivity index (χ0n) is 11.1. The SMILES string of the molecule is FC(F)(F)c1ccc(-c2csc(NC3CCNC3)n2)cc1. The minimum atomic E-state index is -4.30. The first-order valence-corrected chi connectivity index (χ1v) is 7.51. The summed E-state index contributed by atoms with van der Waals surface area (Å²) in [7, 11) is 0. The molecule has 112 valence electrons. The summed E-state index contributed by atoms with van der Waals surface area (Å²) in [5.74, 6) is 0. The highest BCUT2D eigenvalue weighted by atomic mass is 32.1. The normalized spacial score (nSPS) is 18.9. The van der Waals surface area contributed by atoms with Crippen molar-refractivity contribution in [2.45, 2.75) is 18.6 Å². The van der Waals surface area contributed by atoms with E-state index in [1.807, 2.05) is 5.38 Å². The molecule has 0 radical (unpaired) electrons. The number of nitrogens with zero attached hydrogens (tertiary/aromatic N) is 1.